The number of unbranched alkanes of at least 4 members (excludes halogenated alkanes) is 7. The van der Waals surface area contributed by atoms with Gasteiger partial charge < -0.3 is 25.1 Å². The third kappa shape index (κ3) is 26.2. The molecule has 7 heteroatoms. The molecule has 218 valence electrons. The highest BCUT2D eigenvalue weighted by Gasteiger charge is 2.13. The zero-order chi connectivity index (χ0) is 27.2. The van der Waals surface area contributed by atoms with E-state index in [1.54, 1.807) is 0 Å². The van der Waals surface area contributed by atoms with Crippen molar-refractivity contribution < 1.29 is 24.1 Å². The zero-order valence-corrected chi connectivity index (χ0v) is 24.0. The minimum Gasteiger partial charge on any atom is -0.466 e. The van der Waals surface area contributed by atoms with E-state index in [9.17, 15) is 4.79 Å². The molecule has 0 aliphatic heterocycles. The number of nitrogens with two attached hydrogens (primary N) is 1. The molecule has 0 spiro atoms. The first-order valence-corrected chi connectivity index (χ1v) is 14.9. The second kappa shape index (κ2) is 29.3. The molecule has 37 heavy (non-hydrogen) atoms. The second-order valence-corrected chi connectivity index (χ2v) is 9.45. The van der Waals surface area contributed by atoms with Gasteiger partial charge in [0, 0.05) is 39.3 Å². The van der Waals surface area contributed by atoms with E-state index in [1.165, 1.54) is 0 Å². The van der Waals surface area contributed by atoms with Crippen LogP contribution in [-0.4, -0.2) is 74.9 Å². The highest BCUT2D eigenvalue weighted by Crippen LogP contribution is 2.11. The number of aliphatic hydroxyl groups is 1. The van der Waals surface area contributed by atoms with Gasteiger partial charge >= 0.3 is 5.97 Å². The Labute approximate surface area is 227 Å². The molecule has 0 amide bonds. The number of hydrogen-bond acceptors (Lipinski definition) is 7. The summed E-state index contributed by atoms with van der Waals surface area (Å²) in [6, 6.07) is 0. The summed E-state index contributed by atoms with van der Waals surface area (Å²) >= 11 is 0. The molecule has 0 aromatic heterocycles. The van der Waals surface area contributed by atoms with Gasteiger partial charge in [0.05, 0.1) is 19.6 Å². The van der Waals surface area contributed by atoms with Crippen LogP contribution < -0.4 is 5.73 Å². The summed E-state index contributed by atoms with van der Waals surface area (Å²) in [4.78, 5) is 14.4. The molecule has 0 aromatic rings. The first-order chi connectivity index (χ1) is 18.2. The normalized spacial score (nSPS) is 12.1. The van der Waals surface area contributed by atoms with Gasteiger partial charge in [-0.05, 0) is 70.8 Å². The minimum atomic E-state index is -0.347. The van der Waals surface area contributed by atoms with E-state index in [1.807, 2.05) is 0 Å². The van der Waals surface area contributed by atoms with E-state index < -0.39 is 0 Å². The largest absolute Gasteiger partial charge is 0.466 e. The quantitative estimate of drug-likeness (QED) is 0.0580. The zero-order valence-electron chi connectivity index (χ0n) is 24.0. The predicted molar refractivity (Wildman–Crippen MR) is 153 cm³/mol. The minimum absolute atomic E-state index is 0.167. The number of nitrogens with zero attached hydrogens (tertiary/aromatic N) is 1. The van der Waals surface area contributed by atoms with Crippen molar-refractivity contribution in [1.82, 2.24) is 4.90 Å². The Bertz CT molecular complexity index is 512. The molecule has 0 atom stereocenters. The van der Waals surface area contributed by atoms with E-state index in [0.29, 0.717) is 45.8 Å². The molecule has 0 heterocycles. The number of allylic oxidation sites excluding steroid dienone is 4. The van der Waals surface area contributed by atoms with Gasteiger partial charge in [0.2, 0.25) is 0 Å². The van der Waals surface area contributed by atoms with Crippen molar-refractivity contribution in [3.8, 4) is 0 Å². The number of carbonyl (C=O) groups is 1. The third-order valence-corrected chi connectivity index (χ3v) is 6.02. The summed E-state index contributed by atoms with van der Waals surface area (Å²) in [5.74, 6) is -0.177. The van der Waals surface area contributed by atoms with Crippen LogP contribution in [0.5, 0.6) is 0 Å². The summed E-state index contributed by atoms with van der Waals surface area (Å²) < 4.78 is 17.4. The van der Waals surface area contributed by atoms with Crippen LogP contribution in [0.4, 0.5) is 0 Å². The van der Waals surface area contributed by atoms with Crippen LogP contribution in [0.15, 0.2) is 24.3 Å². The molecular weight excluding hydrogens is 468 g/mol. The van der Waals surface area contributed by atoms with Crippen LogP contribution in [0.3, 0.4) is 0 Å². The lowest BCUT2D eigenvalue weighted by Crippen LogP contribution is -2.32. The summed E-state index contributed by atoms with van der Waals surface area (Å²) in [5, 5.41) is 9.10. The molecule has 7 nitrogen and oxygen atoms in total. The average Bonchev–Trinajstić information content (AvgIpc) is 2.89. The Balaban J connectivity index is 4.09. The van der Waals surface area contributed by atoms with Crippen LogP contribution in [0.2, 0.25) is 0 Å². The highest BCUT2D eigenvalue weighted by molar-refractivity contribution is 5.69. The molecule has 0 aromatic carbocycles. The van der Waals surface area contributed by atoms with E-state index in [-0.39, 0.29) is 18.9 Å². The summed E-state index contributed by atoms with van der Waals surface area (Å²) in [5.41, 5.74) is 5.61. The SMILES string of the molecule is CC/C=C\CCCCOC(CCC(=O)OCCCCCCN(CCN)CCO)OCCCC/C=C\CC. The maximum Gasteiger partial charge on any atom is 0.305 e. The Morgan fingerprint density at radius 2 is 1.38 bits per heavy atom. The number of ether oxygens (including phenoxy) is 3. The molecule has 0 radical (unpaired) electrons. The lowest BCUT2D eigenvalue weighted by atomic mass is 10.2. The van der Waals surface area contributed by atoms with E-state index >= 15 is 0 Å². The Hall–Kier alpha value is -1.25. The van der Waals surface area contributed by atoms with Crippen molar-refractivity contribution in [2.45, 2.75) is 110 Å². The average molecular weight is 527 g/mol. The molecule has 0 saturated heterocycles. The number of esters is 1. The molecule has 3 N–H and O–H groups in total. The van der Waals surface area contributed by atoms with E-state index in [2.05, 4.69) is 43.1 Å². The summed E-state index contributed by atoms with van der Waals surface area (Å²) in [6.07, 6.45) is 21.9. The van der Waals surface area contributed by atoms with E-state index in [0.717, 1.165) is 90.1 Å². The van der Waals surface area contributed by atoms with Crippen molar-refractivity contribution in [2.24, 2.45) is 5.73 Å². The standard InChI is InChI=1S/C30H58N2O5/c1-3-5-7-9-12-17-27-36-30(37-28-18-13-10-8-6-4-2)20-19-29(34)35-26-16-14-11-15-22-32(23-21-31)24-25-33/h5-8,30,33H,3-4,9-28,31H2,1-2H3/b7-5-,8-6-. The number of aliphatic hydroxyl groups excluding tert-OH is 1. The summed E-state index contributed by atoms with van der Waals surface area (Å²) in [6.45, 7) is 9.28. The summed E-state index contributed by atoms with van der Waals surface area (Å²) in [7, 11) is 0. The lowest BCUT2D eigenvalue weighted by molar-refractivity contribution is -0.159. The first kappa shape index (κ1) is 35.8. The van der Waals surface area contributed by atoms with Crippen LogP contribution in [0.25, 0.3) is 0 Å². The molecule has 0 bridgehead atoms. The van der Waals surface area contributed by atoms with Crippen molar-refractivity contribution >= 4 is 5.97 Å². The van der Waals surface area contributed by atoms with Gasteiger partial charge in [-0.3, -0.25) is 9.69 Å². The fourth-order valence-electron chi connectivity index (χ4n) is 3.89. The highest BCUT2D eigenvalue weighted by atomic mass is 16.7. The maximum atomic E-state index is 12.2. The van der Waals surface area contributed by atoms with Crippen LogP contribution in [0.1, 0.15) is 104 Å². The van der Waals surface area contributed by atoms with Gasteiger partial charge in [0.25, 0.3) is 0 Å². The van der Waals surface area contributed by atoms with Crippen LogP contribution in [-0.2, 0) is 19.0 Å². The van der Waals surface area contributed by atoms with Crippen molar-refractivity contribution in [1.29, 1.82) is 0 Å². The predicted octanol–water partition coefficient (Wildman–Crippen LogP) is 5.76. The van der Waals surface area contributed by atoms with Gasteiger partial charge in [-0.25, -0.2) is 0 Å². The van der Waals surface area contributed by atoms with Crippen molar-refractivity contribution in [3.05, 3.63) is 24.3 Å². The monoisotopic (exact) mass is 526 g/mol. The molecular formula is C30H58N2O5. The Morgan fingerprint density at radius 3 is 1.95 bits per heavy atom. The fraction of sp³-hybridized carbons (Fsp3) is 0.833. The topological polar surface area (TPSA) is 94.3 Å². The van der Waals surface area contributed by atoms with Crippen LogP contribution >= 0.6 is 0 Å². The Kier molecular flexibility index (Phi) is 28.3. The van der Waals surface area contributed by atoms with Gasteiger partial charge in [-0.2, -0.15) is 0 Å². The van der Waals surface area contributed by atoms with E-state index in [4.69, 9.17) is 25.1 Å². The lowest BCUT2D eigenvalue weighted by Gasteiger charge is -2.20. The van der Waals surface area contributed by atoms with Gasteiger partial charge in [-0.1, -0.05) is 51.0 Å². The molecule has 0 aliphatic carbocycles. The second-order valence-electron chi connectivity index (χ2n) is 9.45. The fourth-order valence-corrected chi connectivity index (χ4v) is 3.89. The number of hydrogen-bond donors (Lipinski definition) is 2. The van der Waals surface area contributed by atoms with Gasteiger partial charge in [0.15, 0.2) is 6.29 Å². The molecule has 0 unspecified atom stereocenters. The maximum absolute atomic E-state index is 12.2. The number of rotatable bonds is 28. The van der Waals surface area contributed by atoms with Crippen LogP contribution in [0, 0.1) is 0 Å². The van der Waals surface area contributed by atoms with Gasteiger partial charge in [-0.15, -0.1) is 0 Å². The third-order valence-electron chi connectivity index (χ3n) is 6.02. The van der Waals surface area contributed by atoms with Crippen molar-refractivity contribution in [2.75, 3.05) is 52.6 Å². The molecule has 0 saturated carbocycles. The van der Waals surface area contributed by atoms with Gasteiger partial charge in [0.1, 0.15) is 0 Å². The number of carbonyl (C=O) groups excluding carboxylic acids is 1. The molecule has 0 fully saturated rings. The smallest absolute Gasteiger partial charge is 0.305 e. The van der Waals surface area contributed by atoms with Crippen molar-refractivity contribution in [3.63, 3.8) is 0 Å². The molecule has 0 rings (SSSR count). The first-order valence-electron chi connectivity index (χ1n) is 14.9. The molecule has 0 aliphatic rings. The Morgan fingerprint density at radius 1 is 0.784 bits per heavy atom.